The Bertz CT molecular complexity index is 554. The van der Waals surface area contributed by atoms with E-state index in [9.17, 15) is 8.42 Å². The highest BCUT2D eigenvalue weighted by atomic mass is 79.9. The van der Waals surface area contributed by atoms with Gasteiger partial charge in [0.1, 0.15) is 5.75 Å². The molecule has 1 fully saturated rings. The highest BCUT2D eigenvalue weighted by Gasteiger charge is 2.23. The lowest BCUT2D eigenvalue weighted by molar-refractivity contribution is 0.314. The predicted octanol–water partition coefficient (Wildman–Crippen LogP) is 3.46. The Morgan fingerprint density at radius 3 is 2.70 bits per heavy atom. The Labute approximate surface area is 129 Å². The fourth-order valence-electron chi connectivity index (χ4n) is 2.30. The molecule has 0 heterocycles. The van der Waals surface area contributed by atoms with Gasteiger partial charge in [-0.15, -0.1) is 0 Å². The van der Waals surface area contributed by atoms with Gasteiger partial charge in [-0.1, -0.05) is 19.8 Å². The van der Waals surface area contributed by atoms with Crippen LogP contribution in [-0.4, -0.2) is 21.1 Å². The lowest BCUT2D eigenvalue weighted by atomic mass is 10.3. The summed E-state index contributed by atoms with van der Waals surface area (Å²) in [6, 6.07) is 4.97. The summed E-state index contributed by atoms with van der Waals surface area (Å²) in [5, 5.41) is 0. The van der Waals surface area contributed by atoms with Crippen LogP contribution < -0.4 is 9.46 Å². The molecule has 0 spiro atoms. The minimum atomic E-state index is -3.46. The Morgan fingerprint density at radius 1 is 1.35 bits per heavy atom. The lowest BCUT2D eigenvalue weighted by Crippen LogP contribution is -2.32. The summed E-state index contributed by atoms with van der Waals surface area (Å²) in [6.07, 6.45) is 4.92. The van der Waals surface area contributed by atoms with Gasteiger partial charge < -0.3 is 4.74 Å². The van der Waals surface area contributed by atoms with Gasteiger partial charge in [-0.2, -0.15) is 0 Å². The third-order valence-electron chi connectivity index (χ3n) is 3.35. The maximum Gasteiger partial charge on any atom is 0.240 e. The molecule has 0 atom stereocenters. The summed E-state index contributed by atoms with van der Waals surface area (Å²) >= 11 is 3.38. The third kappa shape index (κ3) is 3.96. The van der Waals surface area contributed by atoms with Gasteiger partial charge in [0.25, 0.3) is 0 Å². The van der Waals surface area contributed by atoms with Crippen molar-refractivity contribution in [3.8, 4) is 5.75 Å². The van der Waals surface area contributed by atoms with E-state index in [-0.39, 0.29) is 10.9 Å². The van der Waals surface area contributed by atoms with E-state index in [1.54, 1.807) is 18.2 Å². The molecule has 4 nitrogen and oxygen atoms in total. The van der Waals surface area contributed by atoms with E-state index >= 15 is 0 Å². The Balaban J connectivity index is 2.17. The molecule has 2 rings (SSSR count). The van der Waals surface area contributed by atoms with Crippen LogP contribution in [0.25, 0.3) is 0 Å². The summed E-state index contributed by atoms with van der Waals surface area (Å²) in [7, 11) is -3.46. The first-order valence-electron chi connectivity index (χ1n) is 6.97. The van der Waals surface area contributed by atoms with E-state index in [0.717, 1.165) is 36.6 Å². The van der Waals surface area contributed by atoms with Crippen LogP contribution in [0.5, 0.6) is 5.75 Å². The van der Waals surface area contributed by atoms with Crippen molar-refractivity contribution in [1.29, 1.82) is 0 Å². The van der Waals surface area contributed by atoms with Crippen molar-refractivity contribution < 1.29 is 13.2 Å². The fraction of sp³-hybridized carbons (Fsp3) is 0.571. The molecule has 1 aliphatic carbocycles. The summed E-state index contributed by atoms with van der Waals surface area (Å²) in [5.41, 5.74) is 0. The number of rotatable bonds is 6. The molecule has 1 saturated carbocycles. The van der Waals surface area contributed by atoms with E-state index in [1.807, 2.05) is 6.92 Å². The molecule has 1 aliphatic rings. The van der Waals surface area contributed by atoms with E-state index in [1.165, 1.54) is 0 Å². The number of benzene rings is 1. The van der Waals surface area contributed by atoms with Gasteiger partial charge in [-0.25, -0.2) is 13.1 Å². The predicted molar refractivity (Wildman–Crippen MR) is 82.5 cm³/mol. The second-order valence-corrected chi connectivity index (χ2v) is 7.61. The Kier molecular flexibility index (Phi) is 5.46. The molecule has 0 saturated heterocycles. The number of hydrogen-bond acceptors (Lipinski definition) is 3. The maximum atomic E-state index is 12.3. The third-order valence-corrected chi connectivity index (χ3v) is 5.52. The minimum absolute atomic E-state index is 0.0728. The summed E-state index contributed by atoms with van der Waals surface area (Å²) < 4.78 is 33.8. The second-order valence-electron chi connectivity index (χ2n) is 5.04. The molecular formula is C14H20BrNO3S. The van der Waals surface area contributed by atoms with Crippen LogP contribution >= 0.6 is 15.9 Å². The van der Waals surface area contributed by atoms with Gasteiger partial charge in [0.2, 0.25) is 10.0 Å². The Hall–Kier alpha value is -0.590. The topological polar surface area (TPSA) is 55.4 Å². The normalized spacial score (nSPS) is 16.5. The van der Waals surface area contributed by atoms with Gasteiger partial charge in [0.05, 0.1) is 16.0 Å². The number of nitrogens with one attached hydrogen (secondary N) is 1. The van der Waals surface area contributed by atoms with Gasteiger partial charge in [0, 0.05) is 12.1 Å². The second kappa shape index (κ2) is 6.91. The highest BCUT2D eigenvalue weighted by Crippen LogP contribution is 2.29. The van der Waals surface area contributed by atoms with Crippen molar-refractivity contribution in [1.82, 2.24) is 4.72 Å². The first-order chi connectivity index (χ1) is 9.53. The summed E-state index contributed by atoms with van der Waals surface area (Å²) in [6.45, 7) is 2.58. The molecule has 0 unspecified atom stereocenters. The van der Waals surface area contributed by atoms with E-state index in [2.05, 4.69) is 20.7 Å². The zero-order valence-corrected chi connectivity index (χ0v) is 14.0. The zero-order chi connectivity index (χ0) is 14.6. The molecule has 0 amide bonds. The van der Waals surface area contributed by atoms with Crippen molar-refractivity contribution in [2.45, 2.75) is 50.0 Å². The van der Waals surface area contributed by atoms with Crippen LogP contribution in [-0.2, 0) is 10.0 Å². The molecule has 0 aliphatic heterocycles. The van der Waals surface area contributed by atoms with Gasteiger partial charge in [-0.3, -0.25) is 0 Å². The average Bonchev–Trinajstić information content (AvgIpc) is 2.89. The molecule has 1 N–H and O–H groups in total. The molecule has 0 bridgehead atoms. The summed E-state index contributed by atoms with van der Waals surface area (Å²) in [5.74, 6) is 0.571. The summed E-state index contributed by atoms with van der Waals surface area (Å²) in [4.78, 5) is 0.263. The van der Waals surface area contributed by atoms with E-state index < -0.39 is 10.0 Å². The number of hydrogen-bond donors (Lipinski definition) is 1. The SMILES string of the molecule is CCCOc1cc(S(=O)(=O)NC2CCCC2)ccc1Br. The van der Waals surface area contributed by atoms with Crippen LogP contribution in [0.2, 0.25) is 0 Å². The monoisotopic (exact) mass is 361 g/mol. The Morgan fingerprint density at radius 2 is 2.05 bits per heavy atom. The van der Waals surface area contributed by atoms with Crippen molar-refractivity contribution in [2.24, 2.45) is 0 Å². The van der Waals surface area contributed by atoms with E-state index in [4.69, 9.17) is 4.74 Å². The zero-order valence-electron chi connectivity index (χ0n) is 11.6. The molecular weight excluding hydrogens is 342 g/mol. The highest BCUT2D eigenvalue weighted by molar-refractivity contribution is 9.10. The van der Waals surface area contributed by atoms with Crippen molar-refractivity contribution >= 4 is 26.0 Å². The van der Waals surface area contributed by atoms with Gasteiger partial charge >= 0.3 is 0 Å². The van der Waals surface area contributed by atoms with Crippen molar-refractivity contribution in [3.63, 3.8) is 0 Å². The molecule has 112 valence electrons. The van der Waals surface area contributed by atoms with Gasteiger partial charge in [-0.05, 0) is 47.3 Å². The first-order valence-corrected chi connectivity index (χ1v) is 9.25. The van der Waals surface area contributed by atoms with E-state index in [0.29, 0.717) is 12.4 Å². The van der Waals surface area contributed by atoms with Crippen LogP contribution in [0.1, 0.15) is 39.0 Å². The van der Waals surface area contributed by atoms with Crippen LogP contribution in [0, 0.1) is 0 Å². The standard InChI is InChI=1S/C14H20BrNO3S/c1-2-9-19-14-10-12(7-8-13(14)15)20(17,18)16-11-5-3-4-6-11/h7-8,10-11,16H,2-6,9H2,1H3. The lowest BCUT2D eigenvalue weighted by Gasteiger charge is -2.14. The minimum Gasteiger partial charge on any atom is -0.492 e. The smallest absolute Gasteiger partial charge is 0.240 e. The molecule has 1 aromatic rings. The van der Waals surface area contributed by atoms with Crippen molar-refractivity contribution in [2.75, 3.05) is 6.61 Å². The molecule has 0 radical (unpaired) electrons. The largest absolute Gasteiger partial charge is 0.492 e. The van der Waals surface area contributed by atoms with Crippen molar-refractivity contribution in [3.05, 3.63) is 22.7 Å². The molecule has 0 aromatic heterocycles. The number of sulfonamides is 1. The first kappa shape index (κ1) is 15.8. The maximum absolute atomic E-state index is 12.3. The fourth-order valence-corrected chi connectivity index (χ4v) is 3.99. The van der Waals surface area contributed by atoms with Gasteiger partial charge in [0.15, 0.2) is 0 Å². The molecule has 20 heavy (non-hydrogen) atoms. The quantitative estimate of drug-likeness (QED) is 0.843. The molecule has 6 heteroatoms. The number of halogens is 1. The average molecular weight is 362 g/mol. The molecule has 1 aromatic carbocycles. The van der Waals surface area contributed by atoms with Crippen LogP contribution in [0.3, 0.4) is 0 Å². The van der Waals surface area contributed by atoms with Crippen LogP contribution in [0.4, 0.5) is 0 Å². The van der Waals surface area contributed by atoms with Crippen LogP contribution in [0.15, 0.2) is 27.6 Å². The number of ether oxygens (including phenoxy) is 1.